The monoisotopic (exact) mass is 607 g/mol. The Balaban J connectivity index is 0.00000117. The summed E-state index contributed by atoms with van der Waals surface area (Å²) in [5, 5.41) is 2.71. The van der Waals surface area contributed by atoms with Gasteiger partial charge in [-0.2, -0.15) is 4.99 Å². The van der Waals surface area contributed by atoms with Crippen molar-refractivity contribution >= 4 is 39.0 Å². The molecule has 0 spiro atoms. The van der Waals surface area contributed by atoms with Crippen molar-refractivity contribution in [3.63, 3.8) is 0 Å². The molecule has 0 amide bonds. The Kier molecular flexibility index (Phi) is 9.43. The maximum atomic E-state index is 5.61. The Morgan fingerprint density at radius 1 is 0.759 bits per heavy atom. The van der Waals surface area contributed by atoms with Gasteiger partial charge in [0.25, 0.3) is 5.58 Å². The van der Waals surface area contributed by atoms with Crippen LogP contribution in [0.4, 0.5) is 5.69 Å². The van der Waals surface area contributed by atoms with Crippen molar-refractivity contribution < 1.29 is 24.7 Å². The molecular weight excluding hydrogens is 584 g/mol. The van der Waals surface area contributed by atoms with Crippen molar-refractivity contribution in [3.8, 4) is 0 Å². The van der Waals surface area contributed by atoms with Gasteiger partial charge in [0, 0.05) is 13.1 Å². The molecule has 0 bridgehead atoms. The molecule has 3 nitrogen and oxygen atoms in total. The van der Waals surface area contributed by atoms with E-state index in [1.807, 2.05) is 18.2 Å². The van der Waals surface area contributed by atoms with E-state index < -0.39 is 7.92 Å². The summed E-state index contributed by atoms with van der Waals surface area (Å²) in [6.07, 6.45) is 0. The van der Waals surface area contributed by atoms with Gasteiger partial charge in [-0.3, -0.25) is 0 Å². The first kappa shape index (κ1) is 22.2. The first-order valence-electron chi connectivity index (χ1n) is 9.48. The van der Waals surface area contributed by atoms with E-state index in [2.05, 4.69) is 86.9 Å². The molecule has 0 N–H and O–H groups in total. The molecule has 29 heavy (non-hydrogen) atoms. The fourth-order valence-electron chi connectivity index (χ4n) is 3.32. The Hall–Kier alpha value is -1.45. The molecule has 1 heterocycles. The summed E-state index contributed by atoms with van der Waals surface area (Å²) in [6, 6.07) is 31.9. The van der Waals surface area contributed by atoms with Crippen LogP contribution in [0.25, 0.3) is 0 Å². The number of halogens is 1. The van der Waals surface area contributed by atoms with Crippen LogP contribution in [-0.2, 0) is 24.7 Å². The minimum atomic E-state index is -1.21. The topological polar surface area (TPSA) is 24.8 Å². The molecule has 3 aromatic rings. The van der Waals surface area contributed by atoms with Crippen LogP contribution in [0.1, 0.15) is 0 Å². The number of rotatable bonds is 4. The van der Waals surface area contributed by atoms with Crippen molar-refractivity contribution in [1.82, 2.24) is 4.90 Å². The number of nitrogens with zero attached hydrogens (tertiary/aromatic N) is 2. The summed E-state index contributed by atoms with van der Waals surface area (Å²) in [6.45, 7) is 3.29. The van der Waals surface area contributed by atoms with Crippen LogP contribution in [0, 0.1) is 0 Å². The summed E-state index contributed by atoms with van der Waals surface area (Å²) < 4.78 is 5.61. The fourth-order valence-corrected chi connectivity index (χ4v) is 6.00. The molecular formula is C23H24AuClN2OP+. The molecule has 1 aliphatic heterocycles. The molecule has 0 aliphatic carbocycles. The zero-order valence-electron chi connectivity index (χ0n) is 16.0. The number of benzene rings is 3. The number of morpholine rings is 1. The van der Waals surface area contributed by atoms with E-state index in [0.29, 0.717) is 0 Å². The van der Waals surface area contributed by atoms with Crippen LogP contribution < -0.4 is 10.6 Å². The third kappa shape index (κ3) is 6.26. The van der Waals surface area contributed by atoms with E-state index in [-0.39, 0.29) is 0 Å². The molecule has 0 atom stereocenters. The molecule has 4 rings (SSSR count). The van der Waals surface area contributed by atoms with E-state index in [1.54, 1.807) is 20.0 Å². The Bertz CT molecular complexity index is 836. The fraction of sp³-hybridized carbons (Fsp3) is 0.174. The summed E-state index contributed by atoms with van der Waals surface area (Å²) in [7, 11) is 3.37. The predicted octanol–water partition coefficient (Wildman–Crippen LogP) is 4.56. The van der Waals surface area contributed by atoms with E-state index in [4.69, 9.17) is 9.73 Å². The summed E-state index contributed by atoms with van der Waals surface area (Å²) in [4.78, 5) is 7.59. The first-order valence-corrected chi connectivity index (χ1v) is 13.7. The minimum absolute atomic E-state index is 0.756. The van der Waals surface area contributed by atoms with Crippen molar-refractivity contribution in [2.24, 2.45) is 4.99 Å². The van der Waals surface area contributed by atoms with Crippen LogP contribution in [0.2, 0.25) is 0 Å². The van der Waals surface area contributed by atoms with Crippen molar-refractivity contribution in [2.75, 3.05) is 26.3 Å². The largest absolute Gasteiger partial charge is 0.378 e. The number of hydrogen-bond donors (Lipinski definition) is 0. The van der Waals surface area contributed by atoms with Gasteiger partial charge in [-0.05, 0) is 36.4 Å². The summed E-state index contributed by atoms with van der Waals surface area (Å²) in [5.41, 5.74) is 2.19. The maximum absolute atomic E-state index is 5.61. The number of ether oxygens (including phenoxy) is 1. The quantitative estimate of drug-likeness (QED) is 0.188. The molecule has 0 aromatic heterocycles. The first-order chi connectivity index (χ1) is 14.4. The second kappa shape index (κ2) is 12.3. The van der Waals surface area contributed by atoms with Gasteiger partial charge in [0.05, 0.1) is 18.9 Å². The zero-order chi connectivity index (χ0) is 20.3. The Labute approximate surface area is 190 Å². The van der Waals surface area contributed by atoms with Crippen LogP contribution >= 0.6 is 17.1 Å². The van der Waals surface area contributed by atoms with Crippen LogP contribution in [0.3, 0.4) is 0 Å². The molecule has 1 saturated heterocycles. The molecule has 3 aromatic carbocycles. The van der Waals surface area contributed by atoms with E-state index in [9.17, 15) is 0 Å². The van der Waals surface area contributed by atoms with Gasteiger partial charge >= 0.3 is 29.2 Å². The van der Waals surface area contributed by atoms with E-state index in [1.165, 1.54) is 16.2 Å². The van der Waals surface area contributed by atoms with Crippen LogP contribution in [-0.4, -0.2) is 36.8 Å². The molecule has 1 aliphatic rings. The van der Waals surface area contributed by atoms with Gasteiger partial charge < -0.3 is 9.64 Å². The van der Waals surface area contributed by atoms with Crippen molar-refractivity contribution in [1.29, 1.82) is 0 Å². The standard InChI is InChI=1S/C23H23N2OP.Au.ClH/c1-4-10-20(11-5-1)24-23(25-16-18-26-19-17-25)27(21-12-6-2-7-13-21)22-14-8-3-9-15-22;;/h1-15H,16-19H2;;1H/q;+1;. The van der Waals surface area contributed by atoms with Gasteiger partial charge in [0.1, 0.15) is 18.5 Å². The van der Waals surface area contributed by atoms with Crippen LogP contribution in [0.15, 0.2) is 96.0 Å². The SMILES string of the molecule is [Cl][Au].c1ccc(N=C(N2CCOCC2)[PH+](c2ccccc2)c2ccccc2)cc1. The van der Waals surface area contributed by atoms with E-state index in [0.717, 1.165) is 32.0 Å². The zero-order valence-corrected chi connectivity index (χ0v) is 19.9. The number of amidine groups is 1. The molecule has 6 heteroatoms. The molecule has 0 unspecified atom stereocenters. The average Bonchev–Trinajstić information content (AvgIpc) is 2.83. The predicted molar refractivity (Wildman–Crippen MR) is 122 cm³/mol. The molecule has 0 saturated carbocycles. The number of hydrogen-bond acceptors (Lipinski definition) is 2. The third-order valence-corrected chi connectivity index (χ3v) is 7.35. The van der Waals surface area contributed by atoms with Gasteiger partial charge in [-0.25, -0.2) is 0 Å². The van der Waals surface area contributed by atoms with Gasteiger partial charge in [0.2, 0.25) is 0 Å². The molecule has 1 fully saturated rings. The minimum Gasteiger partial charge on any atom is -0.378 e. The van der Waals surface area contributed by atoms with Gasteiger partial charge in [-0.1, -0.05) is 54.6 Å². The normalized spacial score (nSPS) is 14.3. The average molecular weight is 608 g/mol. The summed E-state index contributed by atoms with van der Waals surface area (Å²) >= 11 is 1.75. The Morgan fingerprint density at radius 3 is 1.69 bits per heavy atom. The number of aliphatic imine (C=N–C) groups is 1. The second-order valence-electron chi connectivity index (χ2n) is 6.48. The van der Waals surface area contributed by atoms with Gasteiger partial charge in [-0.15, -0.1) is 0 Å². The maximum Gasteiger partial charge on any atom is 0.261 e. The number of para-hydroxylation sites is 1. The smallest absolute Gasteiger partial charge is 0.261 e. The second-order valence-corrected chi connectivity index (χ2v) is 8.83. The van der Waals surface area contributed by atoms with E-state index >= 15 is 0 Å². The molecule has 0 radical (unpaired) electrons. The molecule has 154 valence electrons. The summed E-state index contributed by atoms with van der Waals surface area (Å²) in [5.74, 6) is 0. The Morgan fingerprint density at radius 2 is 1.21 bits per heavy atom. The van der Waals surface area contributed by atoms with Crippen molar-refractivity contribution in [3.05, 3.63) is 91.0 Å². The third-order valence-electron chi connectivity index (χ3n) is 4.65. The van der Waals surface area contributed by atoms with Gasteiger partial charge in [0.15, 0.2) is 0 Å². The van der Waals surface area contributed by atoms with Crippen LogP contribution in [0.5, 0.6) is 0 Å². The van der Waals surface area contributed by atoms with Crippen molar-refractivity contribution in [2.45, 2.75) is 0 Å².